The van der Waals surface area contributed by atoms with Gasteiger partial charge in [0.2, 0.25) is 0 Å². The first-order valence-corrected chi connectivity index (χ1v) is 7.69. The minimum Gasteiger partial charge on any atom is -0.393 e. The quantitative estimate of drug-likeness (QED) is 0.910. The Morgan fingerprint density at radius 1 is 1.17 bits per heavy atom. The van der Waals surface area contributed by atoms with Crippen molar-refractivity contribution in [2.75, 3.05) is 23.3 Å². The van der Waals surface area contributed by atoms with E-state index in [1.807, 2.05) is 12.1 Å². The molecule has 2 aromatic rings. The summed E-state index contributed by atoms with van der Waals surface area (Å²) in [5.41, 5.74) is 1.35. The minimum absolute atomic E-state index is 0.248. The molecule has 1 fully saturated rings. The number of hydrogen-bond donors (Lipinski definition) is 2. The molecule has 6 heteroatoms. The summed E-state index contributed by atoms with van der Waals surface area (Å²) in [5, 5.41) is 12.8. The van der Waals surface area contributed by atoms with Gasteiger partial charge in [0.25, 0.3) is 0 Å². The summed E-state index contributed by atoms with van der Waals surface area (Å²) in [4.78, 5) is 6.52. The average Bonchev–Trinajstić information content (AvgIpc) is 2.53. The number of aliphatic hydroxyl groups is 1. The largest absolute Gasteiger partial charge is 0.393 e. The molecule has 0 atom stereocenters. The van der Waals surface area contributed by atoms with E-state index in [4.69, 9.17) is 0 Å². The van der Waals surface area contributed by atoms with E-state index in [-0.39, 0.29) is 6.10 Å². The van der Waals surface area contributed by atoms with E-state index in [1.165, 1.54) is 12.1 Å². The van der Waals surface area contributed by atoms with Gasteiger partial charge < -0.3 is 15.3 Å². The fourth-order valence-corrected chi connectivity index (χ4v) is 2.77. The monoisotopic (exact) mass is 319 g/mol. The molecular weight excluding hydrogens is 300 g/mol. The van der Waals surface area contributed by atoms with Crippen LogP contribution < -0.4 is 10.2 Å². The predicted molar refractivity (Wildman–Crippen MR) is 85.4 cm³/mol. The van der Waals surface area contributed by atoms with Crippen molar-refractivity contribution < 1.29 is 13.9 Å². The highest BCUT2D eigenvalue weighted by molar-refractivity contribution is 5.65. The van der Waals surface area contributed by atoms with Gasteiger partial charge in [-0.15, -0.1) is 0 Å². The summed E-state index contributed by atoms with van der Waals surface area (Å²) >= 11 is 0. The lowest BCUT2D eigenvalue weighted by atomic mass is 10.1. The molecule has 2 N–H and O–H groups in total. The van der Waals surface area contributed by atoms with E-state index in [9.17, 15) is 13.9 Å². The van der Waals surface area contributed by atoms with E-state index in [1.54, 1.807) is 6.20 Å². The third kappa shape index (κ3) is 3.96. The maximum atomic E-state index is 13.2. The van der Waals surface area contributed by atoms with Crippen LogP contribution >= 0.6 is 0 Å². The highest BCUT2D eigenvalue weighted by atomic mass is 19.1. The van der Waals surface area contributed by atoms with Crippen LogP contribution in [-0.4, -0.2) is 29.3 Å². The van der Waals surface area contributed by atoms with Crippen molar-refractivity contribution in [2.24, 2.45) is 0 Å². The lowest BCUT2D eigenvalue weighted by molar-refractivity contribution is 0.145. The van der Waals surface area contributed by atoms with Gasteiger partial charge in [-0.2, -0.15) is 0 Å². The van der Waals surface area contributed by atoms with Gasteiger partial charge >= 0.3 is 0 Å². The summed E-state index contributed by atoms with van der Waals surface area (Å²) in [6, 6.07) is 7.19. The van der Waals surface area contributed by atoms with Crippen LogP contribution in [0.4, 0.5) is 20.3 Å². The molecule has 1 aromatic heterocycles. The Labute approximate surface area is 133 Å². The van der Waals surface area contributed by atoms with Crippen molar-refractivity contribution in [1.29, 1.82) is 0 Å². The first kappa shape index (κ1) is 15.7. The molecule has 0 radical (unpaired) electrons. The van der Waals surface area contributed by atoms with Gasteiger partial charge in [0, 0.05) is 31.9 Å². The zero-order valence-corrected chi connectivity index (χ0v) is 12.7. The van der Waals surface area contributed by atoms with Crippen LogP contribution in [0.3, 0.4) is 0 Å². The number of rotatable bonds is 4. The van der Waals surface area contributed by atoms with Gasteiger partial charge in [-0.05, 0) is 42.7 Å². The molecule has 0 aliphatic carbocycles. The number of piperidine rings is 1. The summed E-state index contributed by atoms with van der Waals surface area (Å²) in [5.74, 6) is -0.368. The molecule has 1 aliphatic heterocycles. The summed E-state index contributed by atoms with van der Waals surface area (Å²) in [6.07, 6.45) is 2.89. The second-order valence-corrected chi connectivity index (χ2v) is 5.72. The number of aliphatic hydroxyl groups excluding tert-OH is 1. The first-order chi connectivity index (χ1) is 11.1. The number of halogens is 2. The van der Waals surface area contributed by atoms with Gasteiger partial charge in [0.15, 0.2) is 5.82 Å². The second kappa shape index (κ2) is 6.91. The van der Waals surface area contributed by atoms with Gasteiger partial charge in [-0.25, -0.2) is 13.8 Å². The standard InChI is InChI=1S/C17H19F2N3O/c18-13-8-12(9-14(19)10-13)11-21-16-2-1-5-20-17(16)22-6-3-15(23)4-7-22/h1-2,5,8-10,15,21,23H,3-4,6-7,11H2. The maximum absolute atomic E-state index is 13.2. The van der Waals surface area contributed by atoms with Crippen LogP contribution in [0.25, 0.3) is 0 Å². The fraction of sp³-hybridized carbons (Fsp3) is 0.353. The molecule has 1 aliphatic rings. The molecular formula is C17H19F2N3O. The van der Waals surface area contributed by atoms with E-state index < -0.39 is 11.6 Å². The Hall–Kier alpha value is -2.21. The van der Waals surface area contributed by atoms with Crippen LogP contribution in [0, 0.1) is 11.6 Å². The Bertz CT molecular complexity index is 652. The molecule has 3 rings (SSSR count). The summed E-state index contributed by atoms with van der Waals surface area (Å²) in [7, 11) is 0. The number of anilines is 2. The number of pyridine rings is 1. The molecule has 1 saturated heterocycles. The highest BCUT2D eigenvalue weighted by Gasteiger charge is 2.20. The topological polar surface area (TPSA) is 48.4 Å². The van der Waals surface area contributed by atoms with Crippen LogP contribution in [-0.2, 0) is 6.54 Å². The van der Waals surface area contributed by atoms with E-state index in [0.29, 0.717) is 24.9 Å². The SMILES string of the molecule is OC1CCN(c2ncccc2NCc2cc(F)cc(F)c2)CC1. The Balaban J connectivity index is 1.73. The number of nitrogens with zero attached hydrogens (tertiary/aromatic N) is 2. The normalized spacial score (nSPS) is 15.7. The Morgan fingerprint density at radius 2 is 1.87 bits per heavy atom. The van der Waals surface area contributed by atoms with E-state index >= 15 is 0 Å². The van der Waals surface area contributed by atoms with Crippen molar-refractivity contribution in [3.63, 3.8) is 0 Å². The first-order valence-electron chi connectivity index (χ1n) is 7.69. The van der Waals surface area contributed by atoms with Gasteiger partial charge in [-0.3, -0.25) is 0 Å². The van der Waals surface area contributed by atoms with Crippen molar-refractivity contribution in [2.45, 2.75) is 25.5 Å². The summed E-state index contributed by atoms with van der Waals surface area (Å²) in [6.45, 7) is 1.78. The molecule has 0 unspecified atom stereocenters. The van der Waals surface area contributed by atoms with Crippen LogP contribution in [0.2, 0.25) is 0 Å². The molecule has 1 aromatic carbocycles. The average molecular weight is 319 g/mol. The second-order valence-electron chi connectivity index (χ2n) is 5.72. The fourth-order valence-electron chi connectivity index (χ4n) is 2.77. The molecule has 4 nitrogen and oxygen atoms in total. The summed E-state index contributed by atoms with van der Waals surface area (Å²) < 4.78 is 26.5. The van der Waals surface area contributed by atoms with Gasteiger partial charge in [0.05, 0.1) is 11.8 Å². The zero-order chi connectivity index (χ0) is 16.2. The van der Waals surface area contributed by atoms with Gasteiger partial charge in [0.1, 0.15) is 11.6 Å². The lowest BCUT2D eigenvalue weighted by Crippen LogP contribution is -2.36. The molecule has 0 bridgehead atoms. The van der Waals surface area contributed by atoms with E-state index in [0.717, 1.165) is 30.7 Å². The van der Waals surface area contributed by atoms with Crippen LogP contribution in [0.5, 0.6) is 0 Å². The zero-order valence-electron chi connectivity index (χ0n) is 12.7. The predicted octanol–water partition coefficient (Wildman–Crippen LogP) is 2.93. The van der Waals surface area contributed by atoms with Crippen LogP contribution in [0.1, 0.15) is 18.4 Å². The third-order valence-corrected chi connectivity index (χ3v) is 3.96. The molecule has 0 saturated carbocycles. The third-order valence-electron chi connectivity index (χ3n) is 3.96. The van der Waals surface area contributed by atoms with Crippen LogP contribution in [0.15, 0.2) is 36.5 Å². The van der Waals surface area contributed by atoms with Crippen molar-refractivity contribution >= 4 is 11.5 Å². The maximum Gasteiger partial charge on any atom is 0.151 e. The van der Waals surface area contributed by atoms with Crippen molar-refractivity contribution in [3.05, 3.63) is 53.7 Å². The van der Waals surface area contributed by atoms with Gasteiger partial charge in [-0.1, -0.05) is 0 Å². The Morgan fingerprint density at radius 3 is 2.57 bits per heavy atom. The lowest BCUT2D eigenvalue weighted by Gasteiger charge is -2.31. The van der Waals surface area contributed by atoms with Crippen molar-refractivity contribution in [3.8, 4) is 0 Å². The number of nitrogens with one attached hydrogen (secondary N) is 1. The molecule has 2 heterocycles. The van der Waals surface area contributed by atoms with E-state index in [2.05, 4.69) is 15.2 Å². The molecule has 23 heavy (non-hydrogen) atoms. The van der Waals surface area contributed by atoms with Crippen molar-refractivity contribution in [1.82, 2.24) is 4.98 Å². The highest BCUT2D eigenvalue weighted by Crippen LogP contribution is 2.26. The Kier molecular flexibility index (Phi) is 4.71. The molecule has 0 amide bonds. The number of benzene rings is 1. The minimum atomic E-state index is -0.585. The molecule has 0 spiro atoms. The number of aromatic nitrogens is 1. The number of hydrogen-bond acceptors (Lipinski definition) is 4. The smallest absolute Gasteiger partial charge is 0.151 e. The molecule has 122 valence electrons.